The number of rotatable bonds is 6. The Morgan fingerprint density at radius 1 is 1.62 bits per heavy atom. The van der Waals surface area contributed by atoms with E-state index in [0.717, 1.165) is 25.7 Å². The Morgan fingerprint density at radius 2 is 2.38 bits per heavy atom. The van der Waals surface area contributed by atoms with Crippen LogP contribution in [0.1, 0.15) is 39.5 Å². The van der Waals surface area contributed by atoms with Crippen molar-refractivity contribution in [3.05, 3.63) is 0 Å². The lowest BCUT2D eigenvalue weighted by Gasteiger charge is -2.18. The molecular weight excluding hydrogens is 204 g/mol. The maximum absolute atomic E-state index is 11.9. The Labute approximate surface area is 97.9 Å². The molecule has 0 aromatic rings. The molecule has 16 heavy (non-hydrogen) atoms. The predicted molar refractivity (Wildman–Crippen MR) is 64.0 cm³/mol. The van der Waals surface area contributed by atoms with Gasteiger partial charge in [0.2, 0.25) is 5.91 Å². The number of ether oxygens (including phenoxy) is 1. The summed E-state index contributed by atoms with van der Waals surface area (Å²) in [4.78, 5) is 11.9. The first-order valence-corrected chi connectivity index (χ1v) is 6.29. The lowest BCUT2D eigenvalue weighted by atomic mass is 10.0. The monoisotopic (exact) mass is 228 g/mol. The third kappa shape index (κ3) is 4.10. The van der Waals surface area contributed by atoms with E-state index in [0.29, 0.717) is 13.2 Å². The van der Waals surface area contributed by atoms with Gasteiger partial charge >= 0.3 is 0 Å². The zero-order valence-electron chi connectivity index (χ0n) is 10.4. The number of carbonyl (C=O) groups is 1. The van der Waals surface area contributed by atoms with Crippen molar-refractivity contribution in [1.82, 2.24) is 5.32 Å². The van der Waals surface area contributed by atoms with Gasteiger partial charge in [0, 0.05) is 12.6 Å². The second kappa shape index (κ2) is 6.86. The maximum Gasteiger partial charge on any atom is 0.225 e. The van der Waals surface area contributed by atoms with Crippen LogP contribution >= 0.6 is 0 Å². The van der Waals surface area contributed by atoms with Crippen LogP contribution in [0.4, 0.5) is 0 Å². The van der Waals surface area contributed by atoms with E-state index in [2.05, 4.69) is 12.2 Å². The fraction of sp³-hybridized carbons (Fsp3) is 0.917. The molecule has 3 N–H and O–H groups in total. The molecular formula is C12H24N2O2. The molecule has 94 valence electrons. The van der Waals surface area contributed by atoms with Gasteiger partial charge in [-0.15, -0.1) is 0 Å². The van der Waals surface area contributed by atoms with Crippen LogP contribution < -0.4 is 11.1 Å². The molecule has 4 nitrogen and oxygen atoms in total. The van der Waals surface area contributed by atoms with E-state index in [1.54, 1.807) is 0 Å². The van der Waals surface area contributed by atoms with Gasteiger partial charge in [-0.2, -0.15) is 0 Å². The number of nitrogens with two attached hydrogens (primary N) is 1. The highest BCUT2D eigenvalue weighted by molar-refractivity contribution is 5.79. The molecule has 0 aromatic carbocycles. The van der Waals surface area contributed by atoms with Crippen molar-refractivity contribution in [1.29, 1.82) is 0 Å². The lowest BCUT2D eigenvalue weighted by Crippen LogP contribution is -2.43. The van der Waals surface area contributed by atoms with Crippen molar-refractivity contribution in [2.45, 2.75) is 51.7 Å². The fourth-order valence-electron chi connectivity index (χ4n) is 2.02. The maximum atomic E-state index is 11.9. The number of hydrogen-bond donors (Lipinski definition) is 2. The Morgan fingerprint density at radius 3 is 2.88 bits per heavy atom. The average Bonchev–Trinajstić information content (AvgIpc) is 2.70. The van der Waals surface area contributed by atoms with Crippen molar-refractivity contribution in [2.75, 3.05) is 13.2 Å². The molecule has 1 saturated heterocycles. The number of carbonyl (C=O) groups excluding carboxylic acids is 1. The fourth-order valence-corrected chi connectivity index (χ4v) is 2.02. The van der Waals surface area contributed by atoms with E-state index in [1.807, 2.05) is 6.92 Å². The summed E-state index contributed by atoms with van der Waals surface area (Å²) in [7, 11) is 0. The summed E-state index contributed by atoms with van der Waals surface area (Å²) in [6, 6.07) is 0.128. The minimum Gasteiger partial charge on any atom is -0.378 e. The van der Waals surface area contributed by atoms with Crippen LogP contribution in [0.2, 0.25) is 0 Å². The van der Waals surface area contributed by atoms with Gasteiger partial charge in [0.25, 0.3) is 0 Å². The van der Waals surface area contributed by atoms with Gasteiger partial charge in [-0.25, -0.2) is 0 Å². The van der Waals surface area contributed by atoms with Crippen LogP contribution in [0.25, 0.3) is 0 Å². The Balaban J connectivity index is 2.30. The van der Waals surface area contributed by atoms with Crippen LogP contribution in [0.3, 0.4) is 0 Å². The first kappa shape index (κ1) is 13.5. The zero-order valence-corrected chi connectivity index (χ0v) is 10.4. The minimum absolute atomic E-state index is 0.0191. The molecule has 1 aliphatic rings. The Hall–Kier alpha value is -0.610. The molecule has 1 aliphatic heterocycles. The predicted octanol–water partition coefficient (Wildman–Crippen LogP) is 1.05. The van der Waals surface area contributed by atoms with Crippen LogP contribution in [-0.2, 0) is 9.53 Å². The standard InChI is InChI=1S/C12H24N2O2/c1-3-4-5-11(7-13)14-12(15)10-6-9(2)16-8-10/h9-11H,3-8,13H2,1-2H3,(H,14,15). The number of hydrogen-bond acceptors (Lipinski definition) is 3. The molecule has 0 aromatic heterocycles. The van der Waals surface area contributed by atoms with Gasteiger partial charge in [0.1, 0.15) is 0 Å². The molecule has 1 rings (SSSR count). The quantitative estimate of drug-likeness (QED) is 0.714. The molecule has 3 unspecified atom stereocenters. The average molecular weight is 228 g/mol. The van der Waals surface area contributed by atoms with Crippen molar-refractivity contribution < 1.29 is 9.53 Å². The molecule has 1 heterocycles. The van der Waals surface area contributed by atoms with Gasteiger partial charge in [-0.3, -0.25) is 4.79 Å². The van der Waals surface area contributed by atoms with E-state index in [9.17, 15) is 4.79 Å². The molecule has 0 bridgehead atoms. The highest BCUT2D eigenvalue weighted by Gasteiger charge is 2.29. The largest absolute Gasteiger partial charge is 0.378 e. The summed E-state index contributed by atoms with van der Waals surface area (Å²) >= 11 is 0. The molecule has 1 amide bonds. The molecule has 1 fully saturated rings. The smallest absolute Gasteiger partial charge is 0.225 e. The second-order valence-corrected chi connectivity index (χ2v) is 4.66. The third-order valence-electron chi connectivity index (χ3n) is 3.11. The van der Waals surface area contributed by atoms with E-state index in [1.165, 1.54) is 0 Å². The second-order valence-electron chi connectivity index (χ2n) is 4.66. The highest BCUT2D eigenvalue weighted by Crippen LogP contribution is 2.19. The zero-order chi connectivity index (χ0) is 12.0. The number of unbranched alkanes of at least 4 members (excludes halogenated alkanes) is 1. The molecule has 0 saturated carbocycles. The van der Waals surface area contributed by atoms with Crippen LogP contribution in [0.15, 0.2) is 0 Å². The van der Waals surface area contributed by atoms with E-state index < -0.39 is 0 Å². The minimum atomic E-state index is 0.0191. The number of nitrogens with one attached hydrogen (secondary N) is 1. The lowest BCUT2D eigenvalue weighted by molar-refractivity contribution is -0.125. The van der Waals surface area contributed by atoms with E-state index in [-0.39, 0.29) is 24.0 Å². The van der Waals surface area contributed by atoms with E-state index >= 15 is 0 Å². The SMILES string of the molecule is CCCCC(CN)NC(=O)C1COC(C)C1. The van der Waals surface area contributed by atoms with Gasteiger partial charge in [0.15, 0.2) is 0 Å². The van der Waals surface area contributed by atoms with Crippen LogP contribution in [-0.4, -0.2) is 31.2 Å². The van der Waals surface area contributed by atoms with E-state index in [4.69, 9.17) is 10.5 Å². The molecule has 0 aliphatic carbocycles. The van der Waals surface area contributed by atoms with Gasteiger partial charge in [-0.05, 0) is 19.8 Å². The van der Waals surface area contributed by atoms with Crippen molar-refractivity contribution in [3.8, 4) is 0 Å². The van der Waals surface area contributed by atoms with Gasteiger partial charge < -0.3 is 15.8 Å². The normalized spacial score (nSPS) is 26.7. The first-order valence-electron chi connectivity index (χ1n) is 6.29. The summed E-state index contributed by atoms with van der Waals surface area (Å²) in [6.07, 6.45) is 4.26. The summed E-state index contributed by atoms with van der Waals surface area (Å²) in [5.41, 5.74) is 5.64. The van der Waals surface area contributed by atoms with Crippen LogP contribution in [0.5, 0.6) is 0 Å². The Kier molecular flexibility index (Phi) is 5.77. The van der Waals surface area contributed by atoms with Gasteiger partial charge in [-0.1, -0.05) is 19.8 Å². The summed E-state index contributed by atoms with van der Waals surface area (Å²) < 4.78 is 5.39. The Bertz CT molecular complexity index is 221. The first-order chi connectivity index (χ1) is 7.67. The van der Waals surface area contributed by atoms with Crippen molar-refractivity contribution in [2.24, 2.45) is 11.7 Å². The van der Waals surface area contributed by atoms with Crippen LogP contribution in [0, 0.1) is 5.92 Å². The van der Waals surface area contributed by atoms with Gasteiger partial charge in [0.05, 0.1) is 18.6 Å². The molecule has 0 spiro atoms. The third-order valence-corrected chi connectivity index (χ3v) is 3.11. The molecule has 3 atom stereocenters. The molecule has 4 heteroatoms. The summed E-state index contributed by atoms with van der Waals surface area (Å²) in [5, 5.41) is 3.02. The topological polar surface area (TPSA) is 64.3 Å². The number of amides is 1. The molecule has 0 radical (unpaired) electrons. The van der Waals surface area contributed by atoms with Crippen molar-refractivity contribution >= 4 is 5.91 Å². The highest BCUT2D eigenvalue weighted by atomic mass is 16.5. The summed E-state index contributed by atoms with van der Waals surface area (Å²) in [6.45, 7) is 5.22. The van der Waals surface area contributed by atoms with Crippen molar-refractivity contribution in [3.63, 3.8) is 0 Å². The summed E-state index contributed by atoms with van der Waals surface area (Å²) in [5.74, 6) is 0.126.